The molecule has 1 N–H and O–H groups in total. The summed E-state index contributed by atoms with van der Waals surface area (Å²) in [6.45, 7) is 13.9. The molecule has 4 aromatic rings. The zero-order valence-corrected chi connectivity index (χ0v) is 30.4. The summed E-state index contributed by atoms with van der Waals surface area (Å²) < 4.78 is 27.5. The van der Waals surface area contributed by atoms with Gasteiger partial charge in [0.25, 0.3) is 5.88 Å². The Labute approximate surface area is 299 Å². The van der Waals surface area contributed by atoms with Gasteiger partial charge in [0.2, 0.25) is 5.95 Å². The van der Waals surface area contributed by atoms with Gasteiger partial charge in [-0.3, -0.25) is 9.58 Å². The fraction of sp³-hybridized carbons (Fsp3) is 0.583. The maximum Gasteiger partial charge on any atom is 0.256 e. The van der Waals surface area contributed by atoms with Crippen LogP contribution in [-0.2, 0) is 16.0 Å². The number of benzene rings is 1. The van der Waals surface area contributed by atoms with Crippen LogP contribution in [0.15, 0.2) is 43.1 Å². The van der Waals surface area contributed by atoms with E-state index in [1.807, 2.05) is 25.3 Å². The van der Waals surface area contributed by atoms with E-state index in [9.17, 15) is 5.26 Å². The van der Waals surface area contributed by atoms with Gasteiger partial charge in [-0.2, -0.15) is 5.26 Å². The fourth-order valence-corrected chi connectivity index (χ4v) is 6.99. The fourth-order valence-electron chi connectivity index (χ4n) is 6.99. The predicted octanol–water partition coefficient (Wildman–Crippen LogP) is 5.05. The zero-order chi connectivity index (χ0) is 36.0. The van der Waals surface area contributed by atoms with Gasteiger partial charge in [-0.05, 0) is 74.6 Å². The van der Waals surface area contributed by atoms with E-state index in [2.05, 4.69) is 74.2 Å². The van der Waals surface area contributed by atoms with Crippen LogP contribution >= 0.6 is 0 Å². The minimum atomic E-state index is -0.275. The van der Waals surface area contributed by atoms with Crippen molar-refractivity contribution in [2.45, 2.75) is 97.2 Å². The number of nitrogens with one attached hydrogen (secondary N) is 1. The number of nitriles is 1. The lowest BCUT2D eigenvalue weighted by Crippen LogP contribution is -2.51. The monoisotopic (exact) mass is 699 g/mol. The molecule has 1 aliphatic carbocycles. The topological polar surface area (TPSA) is 163 Å². The molecule has 0 unspecified atom stereocenters. The zero-order valence-electron chi connectivity index (χ0n) is 30.4. The van der Waals surface area contributed by atoms with Crippen molar-refractivity contribution in [2.75, 3.05) is 38.7 Å². The van der Waals surface area contributed by atoms with Gasteiger partial charge in [-0.1, -0.05) is 19.9 Å². The molecule has 15 heteroatoms. The van der Waals surface area contributed by atoms with Crippen LogP contribution in [0.5, 0.6) is 11.6 Å². The second-order valence-corrected chi connectivity index (χ2v) is 14.6. The number of tetrazole rings is 1. The Morgan fingerprint density at radius 1 is 1.04 bits per heavy atom. The number of aromatic nitrogens is 8. The van der Waals surface area contributed by atoms with Gasteiger partial charge in [0.05, 0.1) is 49.8 Å². The van der Waals surface area contributed by atoms with Crippen molar-refractivity contribution in [3.8, 4) is 28.8 Å². The van der Waals surface area contributed by atoms with Gasteiger partial charge in [0.1, 0.15) is 29.9 Å². The molecule has 1 aromatic carbocycles. The van der Waals surface area contributed by atoms with Gasteiger partial charge >= 0.3 is 0 Å². The highest BCUT2D eigenvalue weighted by atomic mass is 16.5. The van der Waals surface area contributed by atoms with Crippen LogP contribution in [0.3, 0.4) is 0 Å². The molecule has 272 valence electrons. The van der Waals surface area contributed by atoms with E-state index in [1.54, 1.807) is 30.3 Å². The summed E-state index contributed by atoms with van der Waals surface area (Å²) >= 11 is 0. The van der Waals surface area contributed by atoms with E-state index in [1.165, 1.54) is 6.33 Å². The van der Waals surface area contributed by atoms with Gasteiger partial charge in [-0.25, -0.2) is 14.6 Å². The van der Waals surface area contributed by atoms with Crippen LogP contribution in [0.1, 0.15) is 71.9 Å². The van der Waals surface area contributed by atoms with Gasteiger partial charge < -0.3 is 24.3 Å². The number of methoxy groups -OCH3 is 1. The lowest BCUT2D eigenvalue weighted by atomic mass is 9.89. The molecule has 2 fully saturated rings. The molecular weight excluding hydrogens is 650 g/mol. The van der Waals surface area contributed by atoms with E-state index < -0.39 is 0 Å². The predicted molar refractivity (Wildman–Crippen MR) is 190 cm³/mol. The van der Waals surface area contributed by atoms with E-state index in [4.69, 9.17) is 24.0 Å². The Kier molecular flexibility index (Phi) is 11.4. The molecule has 0 spiro atoms. The van der Waals surface area contributed by atoms with E-state index in [0.717, 1.165) is 49.9 Å². The third-order valence-electron chi connectivity index (χ3n) is 9.33. The lowest BCUT2D eigenvalue weighted by Gasteiger charge is -2.42. The van der Waals surface area contributed by atoms with Crippen LogP contribution in [-0.4, -0.2) is 103 Å². The number of hydrogen-bond acceptors (Lipinski definition) is 13. The summed E-state index contributed by atoms with van der Waals surface area (Å²) in [6.07, 6.45) is 11.6. The molecule has 51 heavy (non-hydrogen) atoms. The Balaban J connectivity index is 1.15. The Morgan fingerprint density at radius 3 is 2.43 bits per heavy atom. The molecule has 0 bridgehead atoms. The van der Waals surface area contributed by atoms with Gasteiger partial charge in [0, 0.05) is 49.6 Å². The van der Waals surface area contributed by atoms with Crippen LogP contribution in [0, 0.1) is 16.7 Å². The van der Waals surface area contributed by atoms with Crippen molar-refractivity contribution in [2.24, 2.45) is 5.41 Å². The quantitative estimate of drug-likeness (QED) is 0.186. The number of morpholine rings is 1. The number of anilines is 2. The van der Waals surface area contributed by atoms with Gasteiger partial charge in [-0.15, -0.1) is 10.2 Å². The van der Waals surface area contributed by atoms with E-state index >= 15 is 0 Å². The molecule has 0 radical (unpaired) electrons. The van der Waals surface area contributed by atoms with Crippen molar-refractivity contribution in [3.05, 3.63) is 48.7 Å². The van der Waals surface area contributed by atoms with Crippen molar-refractivity contribution in [1.82, 2.24) is 44.9 Å². The lowest BCUT2D eigenvalue weighted by molar-refractivity contribution is -0.0852. The first-order valence-electron chi connectivity index (χ1n) is 17.7. The first-order valence-corrected chi connectivity index (χ1v) is 17.7. The Hall–Kier alpha value is -4.65. The molecule has 0 amide bonds. The largest absolute Gasteiger partial charge is 0.487 e. The van der Waals surface area contributed by atoms with Crippen LogP contribution in [0.25, 0.3) is 11.1 Å². The normalized spacial score (nSPS) is 21.9. The minimum Gasteiger partial charge on any atom is -0.487 e. The molecule has 1 saturated carbocycles. The summed E-state index contributed by atoms with van der Waals surface area (Å²) in [5, 5.41) is 29.2. The van der Waals surface area contributed by atoms with Crippen LogP contribution < -0.4 is 14.8 Å². The summed E-state index contributed by atoms with van der Waals surface area (Å²) in [7, 11) is 1.70. The summed E-state index contributed by atoms with van der Waals surface area (Å²) in [6, 6.07) is 8.47. The van der Waals surface area contributed by atoms with Crippen LogP contribution in [0.2, 0.25) is 0 Å². The van der Waals surface area contributed by atoms with Crippen molar-refractivity contribution in [1.29, 1.82) is 5.26 Å². The maximum atomic E-state index is 9.70. The Bertz CT molecular complexity index is 1740. The number of nitrogens with zero attached hydrogens (tertiary/aromatic N) is 10. The highest BCUT2D eigenvalue weighted by Crippen LogP contribution is 2.36. The molecule has 6 rings (SSSR count). The average Bonchev–Trinajstić information content (AvgIpc) is 3.77. The molecule has 1 aliphatic heterocycles. The highest BCUT2D eigenvalue weighted by molar-refractivity contribution is 5.67. The minimum absolute atomic E-state index is 0.201. The molecule has 3 aromatic heterocycles. The molecule has 15 nitrogen and oxygen atoms in total. The average molecular weight is 700 g/mol. The summed E-state index contributed by atoms with van der Waals surface area (Å²) in [4.78, 5) is 11.9. The SMILES string of the molecule is COCC(C)(C)COc1nn(C2CCC(N3C[C@@H](C)O[C@@H](C)C3)CC2)cc1Nc1ncc(-c2ccc(C#N)c(O[C@@H](C)Cn3cnnn3)c2)cn1. The van der Waals surface area contributed by atoms with Crippen molar-refractivity contribution >= 4 is 11.6 Å². The van der Waals surface area contributed by atoms with Crippen molar-refractivity contribution < 1.29 is 18.9 Å². The molecule has 4 heterocycles. The summed E-state index contributed by atoms with van der Waals surface area (Å²) in [5.41, 5.74) is 2.53. The van der Waals surface area contributed by atoms with E-state index in [0.29, 0.717) is 54.6 Å². The van der Waals surface area contributed by atoms with E-state index in [-0.39, 0.29) is 29.8 Å². The second-order valence-electron chi connectivity index (χ2n) is 14.6. The first kappa shape index (κ1) is 36.2. The molecule has 1 saturated heterocycles. The third kappa shape index (κ3) is 9.37. The highest BCUT2D eigenvalue weighted by Gasteiger charge is 2.32. The maximum absolute atomic E-state index is 9.70. The smallest absolute Gasteiger partial charge is 0.256 e. The second kappa shape index (κ2) is 16.1. The standard InChI is InChI=1S/C36H49N11O4/c1-24-17-45(18-25(2)50-24)30-9-11-31(12-10-30)47-20-32(34(42-47)49-22-36(4,5)21-48-6)41-35-38-15-29(16-39-35)27-7-8-28(14-37)33(13-27)51-26(3)19-46-23-40-43-44-46/h7-8,13,15-16,20,23-26,30-31H,9-12,17-19,21-22H2,1-6H3,(H,38,39,41)/t24-,25+,26-,30?,31?/m0/s1. The molecular formula is C36H49N11O4. The Morgan fingerprint density at radius 2 is 1.76 bits per heavy atom. The number of hydrogen-bond donors (Lipinski definition) is 1. The third-order valence-corrected chi connectivity index (χ3v) is 9.33. The number of ether oxygens (including phenoxy) is 4. The molecule has 3 atom stereocenters. The van der Waals surface area contributed by atoms with Crippen LogP contribution in [0.4, 0.5) is 11.6 Å². The van der Waals surface area contributed by atoms with Gasteiger partial charge in [0.15, 0.2) is 0 Å². The first-order chi connectivity index (χ1) is 24.6. The van der Waals surface area contributed by atoms with Crippen molar-refractivity contribution in [3.63, 3.8) is 0 Å². The molecule has 2 aliphatic rings. The number of rotatable bonds is 14. The summed E-state index contributed by atoms with van der Waals surface area (Å²) in [5.74, 6) is 1.39.